The summed E-state index contributed by atoms with van der Waals surface area (Å²) in [5, 5.41) is 3.34. The lowest BCUT2D eigenvalue weighted by Crippen LogP contribution is -2.55. The van der Waals surface area contributed by atoms with Gasteiger partial charge < -0.3 is 10.1 Å². The van der Waals surface area contributed by atoms with Crippen LogP contribution in [0.2, 0.25) is 0 Å². The van der Waals surface area contributed by atoms with Crippen LogP contribution in [-0.2, 0) is 0 Å². The lowest BCUT2D eigenvalue weighted by atomic mass is 9.54. The first-order chi connectivity index (χ1) is 10.6. The van der Waals surface area contributed by atoms with Crippen LogP contribution in [0.25, 0.3) is 0 Å². The molecule has 0 aromatic heterocycles. The molecule has 0 saturated heterocycles. The van der Waals surface area contributed by atoms with E-state index in [-0.39, 0.29) is 5.91 Å². The molecule has 118 valence electrons. The maximum absolute atomic E-state index is 12.6. The molecule has 5 rings (SSSR count). The Hall–Kier alpha value is -1.03. The molecule has 4 aliphatic rings. The van der Waals surface area contributed by atoms with Crippen LogP contribution in [0.3, 0.4) is 0 Å². The number of carbonyl (C=O) groups is 1. The molecule has 4 aliphatic carbocycles. The molecule has 0 atom stereocenters. The Labute approximate surface area is 139 Å². The van der Waals surface area contributed by atoms with Crippen LogP contribution < -0.4 is 10.1 Å². The summed E-state index contributed by atoms with van der Waals surface area (Å²) in [7, 11) is 1.63. The molecular formula is C18H22BrNO2. The monoisotopic (exact) mass is 363 g/mol. The van der Waals surface area contributed by atoms with Crippen LogP contribution in [-0.4, -0.2) is 19.1 Å². The maximum Gasteiger partial charge on any atom is 0.251 e. The third-order valence-electron chi connectivity index (χ3n) is 5.94. The summed E-state index contributed by atoms with van der Waals surface area (Å²) in [6, 6.07) is 5.93. The van der Waals surface area contributed by atoms with E-state index in [1.54, 1.807) is 7.11 Å². The molecule has 1 N–H and O–H groups in total. The minimum absolute atomic E-state index is 0.0563. The van der Waals surface area contributed by atoms with Crippen LogP contribution in [0.4, 0.5) is 0 Å². The summed E-state index contributed by atoms with van der Waals surface area (Å²) in [6.45, 7) is 0. The topological polar surface area (TPSA) is 38.3 Å². The van der Waals surface area contributed by atoms with Gasteiger partial charge in [0, 0.05) is 11.6 Å². The van der Waals surface area contributed by atoms with Gasteiger partial charge >= 0.3 is 0 Å². The molecule has 0 radical (unpaired) electrons. The molecule has 0 spiro atoms. The number of carbonyl (C=O) groups excluding carboxylic acids is 1. The molecule has 4 bridgehead atoms. The third kappa shape index (κ3) is 2.45. The van der Waals surface area contributed by atoms with Crippen LogP contribution in [0.1, 0.15) is 42.5 Å². The van der Waals surface area contributed by atoms with Gasteiger partial charge in [0.25, 0.3) is 5.91 Å². The van der Waals surface area contributed by atoms with Crippen LogP contribution in [0.5, 0.6) is 5.75 Å². The Kier molecular flexibility index (Phi) is 3.67. The minimum Gasteiger partial charge on any atom is -0.496 e. The number of hydrogen-bond acceptors (Lipinski definition) is 2. The smallest absolute Gasteiger partial charge is 0.251 e. The third-order valence-corrected chi connectivity index (χ3v) is 6.56. The zero-order valence-corrected chi connectivity index (χ0v) is 14.4. The molecule has 4 saturated carbocycles. The van der Waals surface area contributed by atoms with Crippen molar-refractivity contribution < 1.29 is 9.53 Å². The van der Waals surface area contributed by atoms with E-state index in [1.807, 2.05) is 18.2 Å². The van der Waals surface area contributed by atoms with Crippen molar-refractivity contribution in [2.24, 2.45) is 23.7 Å². The van der Waals surface area contributed by atoms with E-state index in [9.17, 15) is 4.79 Å². The zero-order valence-electron chi connectivity index (χ0n) is 12.8. The highest BCUT2D eigenvalue weighted by molar-refractivity contribution is 9.10. The molecule has 22 heavy (non-hydrogen) atoms. The fraction of sp³-hybridized carbons (Fsp3) is 0.611. The number of ether oxygens (including phenoxy) is 1. The molecule has 1 amide bonds. The first kappa shape index (κ1) is 14.6. The largest absolute Gasteiger partial charge is 0.496 e. The number of methoxy groups -OCH3 is 1. The molecule has 4 heteroatoms. The average Bonchev–Trinajstić information content (AvgIpc) is 2.50. The molecular weight excluding hydrogens is 342 g/mol. The van der Waals surface area contributed by atoms with Crippen molar-refractivity contribution in [3.8, 4) is 5.75 Å². The highest BCUT2D eigenvalue weighted by Crippen LogP contribution is 2.53. The summed E-state index contributed by atoms with van der Waals surface area (Å²) >= 11 is 3.46. The van der Waals surface area contributed by atoms with E-state index in [1.165, 1.54) is 32.1 Å². The van der Waals surface area contributed by atoms with Gasteiger partial charge in [0.1, 0.15) is 5.75 Å². The first-order valence-corrected chi connectivity index (χ1v) is 9.07. The summed E-state index contributed by atoms with van der Waals surface area (Å²) in [6.07, 6.45) is 6.74. The van der Waals surface area contributed by atoms with Gasteiger partial charge in [-0.2, -0.15) is 0 Å². The van der Waals surface area contributed by atoms with Crippen molar-refractivity contribution in [1.82, 2.24) is 5.32 Å². The predicted octanol–water partition coefficient (Wildman–Crippen LogP) is 4.01. The number of hydrogen-bond donors (Lipinski definition) is 1. The lowest BCUT2D eigenvalue weighted by Gasteiger charge is -2.54. The number of amides is 1. The highest BCUT2D eigenvalue weighted by atomic mass is 79.9. The first-order valence-electron chi connectivity index (χ1n) is 8.28. The van der Waals surface area contributed by atoms with Gasteiger partial charge in [-0.05, 0) is 89.9 Å². The Balaban J connectivity index is 1.49. The normalized spacial score (nSPS) is 35.5. The summed E-state index contributed by atoms with van der Waals surface area (Å²) < 4.78 is 6.05. The second kappa shape index (κ2) is 5.55. The Morgan fingerprint density at radius 3 is 2.32 bits per heavy atom. The van der Waals surface area contributed by atoms with E-state index in [0.29, 0.717) is 23.4 Å². The van der Waals surface area contributed by atoms with Crippen molar-refractivity contribution in [3.05, 3.63) is 28.2 Å². The average molecular weight is 364 g/mol. The van der Waals surface area contributed by atoms with Crippen LogP contribution >= 0.6 is 15.9 Å². The molecule has 1 aromatic carbocycles. The SMILES string of the molecule is COc1ccc(C(=O)NC2C3CC4CC(C3)CC2C4)cc1Br. The Morgan fingerprint density at radius 2 is 1.77 bits per heavy atom. The molecule has 1 aromatic rings. The number of halogens is 1. The fourth-order valence-electron chi connectivity index (χ4n) is 5.20. The fourth-order valence-corrected chi connectivity index (χ4v) is 5.74. The van der Waals surface area contributed by atoms with Crippen molar-refractivity contribution >= 4 is 21.8 Å². The second-order valence-electron chi connectivity index (χ2n) is 7.28. The molecule has 0 aliphatic heterocycles. The molecule has 0 heterocycles. The quantitative estimate of drug-likeness (QED) is 0.880. The van der Waals surface area contributed by atoms with Gasteiger partial charge in [-0.15, -0.1) is 0 Å². The van der Waals surface area contributed by atoms with E-state index < -0.39 is 0 Å². The zero-order chi connectivity index (χ0) is 15.3. The van der Waals surface area contributed by atoms with Crippen LogP contribution in [0.15, 0.2) is 22.7 Å². The maximum atomic E-state index is 12.6. The van der Waals surface area contributed by atoms with E-state index in [4.69, 9.17) is 4.74 Å². The summed E-state index contributed by atoms with van der Waals surface area (Å²) in [4.78, 5) is 12.6. The summed E-state index contributed by atoms with van der Waals surface area (Å²) in [5.41, 5.74) is 0.710. The van der Waals surface area contributed by atoms with E-state index in [0.717, 1.165) is 22.1 Å². The van der Waals surface area contributed by atoms with Crippen molar-refractivity contribution in [3.63, 3.8) is 0 Å². The second-order valence-corrected chi connectivity index (χ2v) is 8.13. The van der Waals surface area contributed by atoms with Crippen molar-refractivity contribution in [2.45, 2.75) is 38.1 Å². The van der Waals surface area contributed by atoms with Crippen molar-refractivity contribution in [1.29, 1.82) is 0 Å². The minimum atomic E-state index is 0.0563. The summed E-state index contributed by atoms with van der Waals surface area (Å²) in [5.74, 6) is 4.10. The van der Waals surface area contributed by atoms with Gasteiger partial charge in [-0.1, -0.05) is 0 Å². The molecule has 4 fully saturated rings. The number of nitrogens with one attached hydrogen (secondary N) is 1. The van der Waals surface area contributed by atoms with Gasteiger partial charge in [-0.25, -0.2) is 0 Å². The van der Waals surface area contributed by atoms with E-state index in [2.05, 4.69) is 21.2 Å². The van der Waals surface area contributed by atoms with E-state index >= 15 is 0 Å². The Morgan fingerprint density at radius 1 is 1.14 bits per heavy atom. The van der Waals surface area contributed by atoms with Crippen molar-refractivity contribution in [2.75, 3.05) is 7.11 Å². The molecule has 0 unspecified atom stereocenters. The standard InChI is InChI=1S/C18H22BrNO2/c1-22-16-3-2-12(9-15(16)19)18(21)20-17-13-5-10-4-11(7-13)8-14(17)6-10/h2-3,9-11,13-14,17H,4-8H2,1H3,(H,20,21). The molecule has 3 nitrogen and oxygen atoms in total. The van der Waals surface area contributed by atoms with Gasteiger partial charge in [0.15, 0.2) is 0 Å². The van der Waals surface area contributed by atoms with Crippen LogP contribution in [0, 0.1) is 23.7 Å². The predicted molar refractivity (Wildman–Crippen MR) is 89.0 cm³/mol. The Bertz CT molecular complexity index is 573. The lowest BCUT2D eigenvalue weighted by molar-refractivity contribution is -0.0119. The van der Waals surface area contributed by atoms with Gasteiger partial charge in [-0.3, -0.25) is 4.79 Å². The van der Waals surface area contributed by atoms with Gasteiger partial charge in [0.2, 0.25) is 0 Å². The van der Waals surface area contributed by atoms with Gasteiger partial charge in [0.05, 0.1) is 11.6 Å². The number of benzene rings is 1. The number of rotatable bonds is 3. The highest BCUT2D eigenvalue weighted by Gasteiger charge is 2.48.